The van der Waals surface area contributed by atoms with Crippen molar-refractivity contribution in [1.29, 1.82) is 5.26 Å². The molecule has 0 fully saturated rings. The van der Waals surface area contributed by atoms with E-state index in [0.717, 1.165) is 23.3 Å². The molecule has 0 saturated heterocycles. The van der Waals surface area contributed by atoms with Crippen molar-refractivity contribution >= 4 is 5.97 Å². The van der Waals surface area contributed by atoms with Crippen molar-refractivity contribution in [3.05, 3.63) is 77.4 Å². The molecule has 0 aliphatic rings. The molecule has 0 atom stereocenters. The molecular formula is C26H22F3NO3. The number of carbonyl (C=O) groups is 1. The van der Waals surface area contributed by atoms with Gasteiger partial charge < -0.3 is 9.47 Å². The van der Waals surface area contributed by atoms with Gasteiger partial charge in [0, 0.05) is 6.42 Å². The largest absolute Gasteiger partial charge is 0.497 e. The van der Waals surface area contributed by atoms with Crippen LogP contribution in [0.25, 0.3) is 22.3 Å². The number of ether oxygens (including phenoxy) is 2. The van der Waals surface area contributed by atoms with Crippen LogP contribution in [-0.4, -0.2) is 19.7 Å². The number of benzene rings is 3. The molecule has 7 heteroatoms. The summed E-state index contributed by atoms with van der Waals surface area (Å²) in [7, 11) is 1.54. The lowest BCUT2D eigenvalue weighted by Gasteiger charge is -2.14. The van der Waals surface area contributed by atoms with Crippen molar-refractivity contribution in [2.75, 3.05) is 13.7 Å². The molecule has 0 spiro atoms. The van der Waals surface area contributed by atoms with Crippen molar-refractivity contribution in [3.63, 3.8) is 0 Å². The summed E-state index contributed by atoms with van der Waals surface area (Å²) in [5.74, 6) is 0.308. The Labute approximate surface area is 190 Å². The third-order valence-electron chi connectivity index (χ3n) is 5.17. The number of esters is 1. The molecular weight excluding hydrogens is 431 g/mol. The molecule has 0 aliphatic carbocycles. The van der Waals surface area contributed by atoms with Gasteiger partial charge in [-0.2, -0.15) is 18.4 Å². The lowest BCUT2D eigenvalue weighted by atomic mass is 9.91. The zero-order valence-corrected chi connectivity index (χ0v) is 18.2. The summed E-state index contributed by atoms with van der Waals surface area (Å²) in [6.45, 7) is 2.04. The zero-order valence-electron chi connectivity index (χ0n) is 18.2. The topological polar surface area (TPSA) is 59.3 Å². The van der Waals surface area contributed by atoms with E-state index in [1.165, 1.54) is 6.07 Å². The number of carbonyl (C=O) groups excluding carboxylic acids is 1. The van der Waals surface area contributed by atoms with Crippen LogP contribution in [0.1, 0.15) is 30.0 Å². The fraction of sp³-hybridized carbons (Fsp3) is 0.231. The Hall–Kier alpha value is -3.79. The number of hydrogen-bond acceptors (Lipinski definition) is 4. The van der Waals surface area contributed by atoms with E-state index >= 15 is 0 Å². The minimum atomic E-state index is -4.47. The Bertz CT molecular complexity index is 1200. The first kappa shape index (κ1) is 23.9. The molecule has 33 heavy (non-hydrogen) atoms. The van der Waals surface area contributed by atoms with E-state index in [4.69, 9.17) is 9.47 Å². The summed E-state index contributed by atoms with van der Waals surface area (Å²) in [5, 5.41) is 9.71. The number of rotatable bonds is 7. The highest BCUT2D eigenvalue weighted by atomic mass is 19.4. The van der Waals surface area contributed by atoms with Crippen molar-refractivity contribution in [2.24, 2.45) is 0 Å². The Balaban J connectivity index is 2.02. The standard InChI is InChI=1S/C26H22F3NO3/c1-3-33-25(31)12-8-19-15-22(32-2)9-11-23(19)18-7-10-24(20(13-18)16-30)17-5-4-6-21(14-17)26(27,28)29/h4-7,9-11,13-15H,3,8,12H2,1-2H3. The van der Waals surface area contributed by atoms with Crippen LogP contribution in [0.5, 0.6) is 5.75 Å². The van der Waals surface area contributed by atoms with E-state index in [-0.39, 0.29) is 18.0 Å². The van der Waals surface area contributed by atoms with Gasteiger partial charge in [0.05, 0.1) is 30.9 Å². The predicted octanol–water partition coefficient (Wildman–Crippen LogP) is 6.42. The fourth-order valence-electron chi connectivity index (χ4n) is 3.57. The van der Waals surface area contributed by atoms with Gasteiger partial charge >= 0.3 is 12.1 Å². The van der Waals surface area contributed by atoms with Crippen LogP contribution in [0.15, 0.2) is 60.7 Å². The third kappa shape index (κ3) is 5.72. The van der Waals surface area contributed by atoms with Gasteiger partial charge in [0.25, 0.3) is 0 Å². The number of nitriles is 1. The molecule has 170 valence electrons. The van der Waals surface area contributed by atoms with Gasteiger partial charge in [-0.3, -0.25) is 4.79 Å². The molecule has 3 aromatic carbocycles. The summed E-state index contributed by atoms with van der Waals surface area (Å²) < 4.78 is 49.7. The molecule has 0 N–H and O–H groups in total. The minimum absolute atomic E-state index is 0.182. The number of aryl methyl sites for hydroxylation is 1. The maximum absolute atomic E-state index is 13.1. The highest BCUT2D eigenvalue weighted by Crippen LogP contribution is 2.35. The summed E-state index contributed by atoms with van der Waals surface area (Å²) >= 11 is 0. The predicted molar refractivity (Wildman–Crippen MR) is 119 cm³/mol. The molecule has 0 aromatic heterocycles. The molecule has 0 aliphatic heterocycles. The van der Waals surface area contributed by atoms with E-state index in [1.807, 2.05) is 12.1 Å². The van der Waals surface area contributed by atoms with E-state index in [0.29, 0.717) is 35.5 Å². The molecule has 4 nitrogen and oxygen atoms in total. The van der Waals surface area contributed by atoms with Gasteiger partial charge in [-0.05, 0) is 71.5 Å². The molecule has 0 heterocycles. The lowest BCUT2D eigenvalue weighted by Crippen LogP contribution is -2.06. The van der Waals surface area contributed by atoms with Gasteiger partial charge in [0.2, 0.25) is 0 Å². The number of halogens is 3. The molecule has 0 amide bonds. The lowest BCUT2D eigenvalue weighted by molar-refractivity contribution is -0.143. The second-order valence-corrected chi connectivity index (χ2v) is 7.28. The normalized spacial score (nSPS) is 11.0. The van der Waals surface area contributed by atoms with E-state index in [1.54, 1.807) is 44.4 Å². The maximum atomic E-state index is 13.1. The van der Waals surface area contributed by atoms with Crippen LogP contribution < -0.4 is 4.74 Å². The monoisotopic (exact) mass is 453 g/mol. The average Bonchev–Trinajstić information content (AvgIpc) is 2.82. The van der Waals surface area contributed by atoms with Crippen LogP contribution in [0.3, 0.4) is 0 Å². The van der Waals surface area contributed by atoms with Crippen molar-refractivity contribution in [1.82, 2.24) is 0 Å². The van der Waals surface area contributed by atoms with Gasteiger partial charge in [-0.15, -0.1) is 0 Å². The van der Waals surface area contributed by atoms with Crippen LogP contribution >= 0.6 is 0 Å². The zero-order chi connectivity index (χ0) is 24.0. The maximum Gasteiger partial charge on any atom is 0.416 e. The van der Waals surface area contributed by atoms with Gasteiger partial charge in [0.15, 0.2) is 0 Å². The summed E-state index contributed by atoms with van der Waals surface area (Å²) in [6, 6.07) is 17.5. The smallest absolute Gasteiger partial charge is 0.416 e. The van der Waals surface area contributed by atoms with Crippen LogP contribution in [-0.2, 0) is 22.1 Å². The van der Waals surface area contributed by atoms with Gasteiger partial charge in [0.1, 0.15) is 5.75 Å². The first-order valence-electron chi connectivity index (χ1n) is 10.3. The van der Waals surface area contributed by atoms with Gasteiger partial charge in [-0.25, -0.2) is 0 Å². The van der Waals surface area contributed by atoms with Crippen LogP contribution in [0.2, 0.25) is 0 Å². The quantitative estimate of drug-likeness (QED) is 0.388. The Kier molecular flexibility index (Phi) is 7.39. The number of alkyl halides is 3. The van der Waals surface area contributed by atoms with Crippen molar-refractivity contribution < 1.29 is 27.4 Å². The van der Waals surface area contributed by atoms with Crippen LogP contribution in [0, 0.1) is 11.3 Å². The highest BCUT2D eigenvalue weighted by Gasteiger charge is 2.30. The van der Waals surface area contributed by atoms with E-state index in [2.05, 4.69) is 6.07 Å². The Morgan fingerprint density at radius 1 is 1.00 bits per heavy atom. The number of hydrogen-bond donors (Lipinski definition) is 0. The summed E-state index contributed by atoms with van der Waals surface area (Å²) in [5.41, 5.74) is 2.54. The molecule has 0 unspecified atom stereocenters. The van der Waals surface area contributed by atoms with Crippen molar-refractivity contribution in [2.45, 2.75) is 25.9 Å². The Morgan fingerprint density at radius 3 is 2.39 bits per heavy atom. The first-order chi connectivity index (χ1) is 15.8. The number of methoxy groups -OCH3 is 1. The van der Waals surface area contributed by atoms with E-state index < -0.39 is 11.7 Å². The molecule has 0 saturated carbocycles. The SMILES string of the molecule is CCOC(=O)CCc1cc(OC)ccc1-c1ccc(-c2cccc(C(F)(F)F)c2)c(C#N)c1. The molecule has 3 aromatic rings. The second kappa shape index (κ2) is 10.2. The van der Waals surface area contributed by atoms with E-state index in [9.17, 15) is 23.2 Å². The summed E-state index contributed by atoms with van der Waals surface area (Å²) in [4.78, 5) is 11.8. The highest BCUT2D eigenvalue weighted by molar-refractivity contribution is 5.78. The minimum Gasteiger partial charge on any atom is -0.497 e. The van der Waals surface area contributed by atoms with Gasteiger partial charge in [-0.1, -0.05) is 30.3 Å². The first-order valence-corrected chi connectivity index (χ1v) is 10.3. The number of nitrogens with zero attached hydrogens (tertiary/aromatic N) is 1. The molecule has 3 rings (SSSR count). The Morgan fingerprint density at radius 2 is 1.73 bits per heavy atom. The second-order valence-electron chi connectivity index (χ2n) is 7.28. The molecule has 0 radical (unpaired) electrons. The summed E-state index contributed by atoms with van der Waals surface area (Å²) in [6.07, 6.45) is -3.89. The average molecular weight is 453 g/mol. The van der Waals surface area contributed by atoms with Crippen LogP contribution in [0.4, 0.5) is 13.2 Å². The third-order valence-corrected chi connectivity index (χ3v) is 5.17. The fourth-order valence-corrected chi connectivity index (χ4v) is 3.57. The molecule has 0 bridgehead atoms. The van der Waals surface area contributed by atoms with Crippen molar-refractivity contribution in [3.8, 4) is 34.1 Å².